The minimum Gasteiger partial charge on any atom is -0.496 e. The summed E-state index contributed by atoms with van der Waals surface area (Å²) in [6.07, 6.45) is 0.652. The smallest absolute Gasteiger partial charge is 0.315 e. The zero-order chi connectivity index (χ0) is 25.2. The molecule has 184 valence electrons. The summed E-state index contributed by atoms with van der Waals surface area (Å²) < 4.78 is 25.0. The summed E-state index contributed by atoms with van der Waals surface area (Å²) in [5, 5.41) is 5.81. The molecule has 1 atom stereocenters. The molecule has 2 amide bonds. The summed E-state index contributed by atoms with van der Waals surface area (Å²) in [5.74, 6) is -0.157. The zero-order valence-electron chi connectivity index (χ0n) is 20.3. The van der Waals surface area contributed by atoms with Gasteiger partial charge < -0.3 is 20.1 Å². The molecule has 0 aliphatic carbocycles. The van der Waals surface area contributed by atoms with Gasteiger partial charge >= 0.3 is 12.0 Å². The number of halogens is 1. The minimum absolute atomic E-state index is 0.110. The topological polar surface area (TPSA) is 76.7 Å². The van der Waals surface area contributed by atoms with Gasteiger partial charge in [-0.25, -0.2) is 9.18 Å². The van der Waals surface area contributed by atoms with Crippen LogP contribution >= 0.6 is 0 Å². The third-order valence-electron chi connectivity index (χ3n) is 5.61. The fraction of sp³-hybridized carbons (Fsp3) is 0.286. The number of carbonyl (C=O) groups is 2. The number of benzene rings is 3. The molecule has 1 unspecified atom stereocenters. The van der Waals surface area contributed by atoms with Crippen molar-refractivity contribution in [3.05, 3.63) is 89.2 Å². The van der Waals surface area contributed by atoms with Gasteiger partial charge in [0.25, 0.3) is 0 Å². The highest BCUT2D eigenvalue weighted by molar-refractivity contribution is 5.79. The molecule has 0 aliphatic heterocycles. The highest BCUT2D eigenvalue weighted by Gasteiger charge is 2.20. The second-order valence-corrected chi connectivity index (χ2v) is 8.02. The molecule has 3 aromatic carbocycles. The van der Waals surface area contributed by atoms with E-state index in [4.69, 9.17) is 9.47 Å². The monoisotopic (exact) mass is 478 g/mol. The van der Waals surface area contributed by atoms with Gasteiger partial charge in [0.2, 0.25) is 0 Å². The number of hydrogen-bond donors (Lipinski definition) is 2. The Hall–Kier alpha value is -3.87. The number of ether oxygens (including phenoxy) is 2. The van der Waals surface area contributed by atoms with Crippen LogP contribution in [0.25, 0.3) is 11.1 Å². The molecular formula is C28H31FN2O4. The second-order valence-electron chi connectivity index (χ2n) is 8.02. The Morgan fingerprint density at radius 3 is 2.40 bits per heavy atom. The van der Waals surface area contributed by atoms with Crippen molar-refractivity contribution in [1.29, 1.82) is 0 Å². The lowest BCUT2D eigenvalue weighted by molar-refractivity contribution is -0.142. The quantitative estimate of drug-likeness (QED) is 0.374. The number of urea groups is 1. The van der Waals surface area contributed by atoms with Crippen molar-refractivity contribution in [2.24, 2.45) is 0 Å². The normalized spacial score (nSPS) is 11.4. The van der Waals surface area contributed by atoms with Crippen LogP contribution in [-0.4, -0.2) is 25.7 Å². The van der Waals surface area contributed by atoms with Crippen LogP contribution < -0.4 is 15.4 Å². The number of rotatable bonds is 10. The number of amides is 2. The summed E-state index contributed by atoms with van der Waals surface area (Å²) >= 11 is 0. The van der Waals surface area contributed by atoms with E-state index in [0.717, 1.165) is 11.1 Å². The van der Waals surface area contributed by atoms with Crippen LogP contribution in [0.3, 0.4) is 0 Å². The molecule has 0 bridgehead atoms. The first kappa shape index (κ1) is 25.7. The molecule has 6 nitrogen and oxygen atoms in total. The molecule has 0 saturated heterocycles. The molecule has 2 N–H and O–H groups in total. The lowest BCUT2D eigenvalue weighted by Crippen LogP contribution is -2.37. The Bertz CT molecular complexity index is 1150. The van der Waals surface area contributed by atoms with Gasteiger partial charge in [0.1, 0.15) is 11.6 Å². The molecule has 0 aromatic heterocycles. The Kier molecular flexibility index (Phi) is 9.23. The van der Waals surface area contributed by atoms with Crippen molar-refractivity contribution >= 4 is 12.0 Å². The molecule has 0 aliphatic rings. The van der Waals surface area contributed by atoms with Crippen molar-refractivity contribution < 1.29 is 23.5 Å². The van der Waals surface area contributed by atoms with Gasteiger partial charge in [0, 0.05) is 12.1 Å². The predicted molar refractivity (Wildman–Crippen MR) is 134 cm³/mol. The van der Waals surface area contributed by atoms with Crippen molar-refractivity contribution in [2.75, 3.05) is 13.7 Å². The standard InChI is InChI=1S/C28H31FN2O4/c1-4-25(31-28(33)30-18-19-9-7-6-8-10-19)23-17-21(29)12-13-22(23)24-15-20(11-14-26(24)34-3)16-27(32)35-5-2/h6-15,17,25H,4-5,16,18H2,1-3H3,(H2,30,31,33). The maximum atomic E-state index is 14.4. The summed E-state index contributed by atoms with van der Waals surface area (Å²) in [6, 6.07) is 18.7. The van der Waals surface area contributed by atoms with E-state index >= 15 is 0 Å². The van der Waals surface area contributed by atoms with E-state index < -0.39 is 11.9 Å². The summed E-state index contributed by atoms with van der Waals surface area (Å²) in [6.45, 7) is 4.37. The lowest BCUT2D eigenvalue weighted by atomic mass is 9.91. The first-order chi connectivity index (χ1) is 16.9. The maximum Gasteiger partial charge on any atom is 0.315 e. The van der Waals surface area contributed by atoms with E-state index in [1.54, 1.807) is 32.2 Å². The summed E-state index contributed by atoms with van der Waals surface area (Å²) in [5.41, 5.74) is 3.76. The van der Waals surface area contributed by atoms with Gasteiger partial charge in [-0.05, 0) is 59.9 Å². The number of methoxy groups -OCH3 is 1. The van der Waals surface area contributed by atoms with Crippen LogP contribution in [0.15, 0.2) is 66.7 Å². The largest absolute Gasteiger partial charge is 0.496 e. The van der Waals surface area contributed by atoms with Crippen LogP contribution in [0.1, 0.15) is 43.0 Å². The SMILES string of the molecule is CCOC(=O)Cc1ccc(OC)c(-c2ccc(F)cc2C(CC)NC(=O)NCc2ccccc2)c1. The molecule has 7 heteroatoms. The van der Waals surface area contributed by atoms with Crippen molar-refractivity contribution in [1.82, 2.24) is 10.6 Å². The van der Waals surface area contributed by atoms with E-state index in [1.165, 1.54) is 12.1 Å². The molecule has 3 rings (SSSR count). The average molecular weight is 479 g/mol. The highest BCUT2D eigenvalue weighted by atomic mass is 19.1. The van der Waals surface area contributed by atoms with Gasteiger partial charge in [0.15, 0.2) is 0 Å². The number of esters is 1. The third kappa shape index (κ3) is 7.06. The van der Waals surface area contributed by atoms with E-state index in [1.807, 2.05) is 43.3 Å². The maximum absolute atomic E-state index is 14.4. The van der Waals surface area contributed by atoms with Gasteiger partial charge in [-0.3, -0.25) is 4.79 Å². The fourth-order valence-corrected chi connectivity index (χ4v) is 3.91. The first-order valence-electron chi connectivity index (χ1n) is 11.7. The fourth-order valence-electron chi connectivity index (χ4n) is 3.91. The molecule has 0 saturated carbocycles. The second kappa shape index (κ2) is 12.6. The van der Waals surface area contributed by atoms with E-state index in [2.05, 4.69) is 10.6 Å². The number of nitrogens with one attached hydrogen (secondary N) is 2. The first-order valence-corrected chi connectivity index (χ1v) is 11.7. The molecule has 0 heterocycles. The van der Waals surface area contributed by atoms with E-state index in [0.29, 0.717) is 42.0 Å². The molecule has 0 spiro atoms. The molecule has 35 heavy (non-hydrogen) atoms. The van der Waals surface area contributed by atoms with E-state index in [-0.39, 0.29) is 18.4 Å². The van der Waals surface area contributed by atoms with Gasteiger partial charge in [0.05, 0.1) is 26.2 Å². The van der Waals surface area contributed by atoms with E-state index in [9.17, 15) is 14.0 Å². The Balaban J connectivity index is 1.89. The van der Waals surface area contributed by atoms with Crippen LogP contribution in [0.5, 0.6) is 5.75 Å². The molecule has 3 aromatic rings. The zero-order valence-corrected chi connectivity index (χ0v) is 20.3. The molecule has 0 radical (unpaired) electrons. The average Bonchev–Trinajstić information content (AvgIpc) is 2.86. The van der Waals surface area contributed by atoms with Crippen LogP contribution in [0.4, 0.5) is 9.18 Å². The number of hydrogen-bond acceptors (Lipinski definition) is 4. The summed E-state index contributed by atoms with van der Waals surface area (Å²) in [7, 11) is 1.56. The van der Waals surface area contributed by atoms with Crippen molar-refractivity contribution in [3.8, 4) is 16.9 Å². The predicted octanol–water partition coefficient (Wildman–Crippen LogP) is 5.56. The number of carbonyl (C=O) groups excluding carboxylic acids is 2. The van der Waals surface area contributed by atoms with Crippen molar-refractivity contribution in [3.63, 3.8) is 0 Å². The Morgan fingerprint density at radius 2 is 1.71 bits per heavy atom. The Labute approximate surface area is 205 Å². The van der Waals surface area contributed by atoms with Crippen LogP contribution in [0, 0.1) is 5.82 Å². The minimum atomic E-state index is -0.449. The van der Waals surface area contributed by atoms with Crippen molar-refractivity contribution in [2.45, 2.75) is 39.3 Å². The van der Waals surface area contributed by atoms with Gasteiger partial charge in [-0.15, -0.1) is 0 Å². The third-order valence-corrected chi connectivity index (χ3v) is 5.61. The van der Waals surface area contributed by atoms with Crippen LogP contribution in [0.2, 0.25) is 0 Å². The molecular weight excluding hydrogens is 447 g/mol. The Morgan fingerprint density at radius 1 is 0.943 bits per heavy atom. The van der Waals surface area contributed by atoms with Gasteiger partial charge in [-0.2, -0.15) is 0 Å². The summed E-state index contributed by atoms with van der Waals surface area (Å²) in [4.78, 5) is 24.7. The van der Waals surface area contributed by atoms with Gasteiger partial charge in [-0.1, -0.05) is 49.4 Å². The highest BCUT2D eigenvalue weighted by Crippen LogP contribution is 2.37. The lowest BCUT2D eigenvalue weighted by Gasteiger charge is -2.22. The molecule has 0 fully saturated rings. The van der Waals surface area contributed by atoms with Crippen LogP contribution in [-0.2, 0) is 22.5 Å².